The van der Waals surface area contributed by atoms with Gasteiger partial charge in [-0.25, -0.2) is 4.79 Å². The number of unbranched alkanes of at least 4 members (excludes halogenated alkanes) is 9. The van der Waals surface area contributed by atoms with Crippen molar-refractivity contribution in [1.82, 2.24) is 0 Å². The average molecular weight is 369 g/mol. The number of carbonyl (C=O) groups excluding carboxylic acids is 2. The van der Waals surface area contributed by atoms with Gasteiger partial charge in [0.05, 0.1) is 12.8 Å². The molecule has 1 fully saturated rings. The Labute approximate surface area is 158 Å². The van der Waals surface area contributed by atoms with E-state index in [1.54, 1.807) is 0 Å². The molecule has 1 N–H and O–H groups in total. The Morgan fingerprint density at radius 2 is 1.42 bits per heavy atom. The quantitative estimate of drug-likeness (QED) is 0.281. The number of esters is 2. The van der Waals surface area contributed by atoms with E-state index in [1.807, 2.05) is 0 Å². The Kier molecular flexibility index (Phi) is 10.6. The van der Waals surface area contributed by atoms with Crippen LogP contribution >= 0.6 is 0 Å². The minimum Gasteiger partial charge on any atom is -0.398 e. The highest BCUT2D eigenvalue weighted by molar-refractivity contribution is 5.94. The molecule has 5 heteroatoms. The first-order valence-electron chi connectivity index (χ1n) is 10.2. The maximum atomic E-state index is 11.6. The molecule has 0 amide bonds. The predicted octanol–water partition coefficient (Wildman–Crippen LogP) is 5.02. The lowest BCUT2D eigenvalue weighted by atomic mass is 10.0. The largest absolute Gasteiger partial charge is 0.398 e. The van der Waals surface area contributed by atoms with E-state index in [0.29, 0.717) is 6.42 Å². The molecule has 1 saturated heterocycles. The first kappa shape index (κ1) is 22.7. The van der Waals surface area contributed by atoms with Crippen LogP contribution in [0.5, 0.6) is 0 Å². The van der Waals surface area contributed by atoms with Gasteiger partial charge >= 0.3 is 17.9 Å². The van der Waals surface area contributed by atoms with Gasteiger partial charge in [0.25, 0.3) is 0 Å². The van der Waals surface area contributed by atoms with Gasteiger partial charge in [0.15, 0.2) is 0 Å². The zero-order valence-corrected chi connectivity index (χ0v) is 16.6. The van der Waals surface area contributed by atoms with Crippen molar-refractivity contribution in [1.29, 1.82) is 0 Å². The van der Waals surface area contributed by atoms with E-state index in [2.05, 4.69) is 20.4 Å². The second kappa shape index (κ2) is 12.1. The third-order valence-corrected chi connectivity index (χ3v) is 4.70. The van der Waals surface area contributed by atoms with Crippen molar-refractivity contribution in [3.05, 3.63) is 12.2 Å². The third-order valence-electron chi connectivity index (χ3n) is 4.70. The number of rotatable bonds is 13. The van der Waals surface area contributed by atoms with Crippen molar-refractivity contribution in [3.63, 3.8) is 0 Å². The summed E-state index contributed by atoms with van der Waals surface area (Å²) in [5.41, 5.74) is 0.00938. The van der Waals surface area contributed by atoms with Crippen LogP contribution in [0, 0.1) is 5.92 Å². The molecule has 0 bridgehead atoms. The van der Waals surface area contributed by atoms with Gasteiger partial charge in [-0.3, -0.25) is 4.79 Å². The number of hydrogen-bond acceptors (Lipinski definition) is 5. The molecule has 0 radical (unpaired) electrons. The van der Waals surface area contributed by atoms with Crippen molar-refractivity contribution in [2.75, 3.05) is 0 Å². The van der Waals surface area contributed by atoms with Crippen LogP contribution < -0.4 is 0 Å². The van der Waals surface area contributed by atoms with Gasteiger partial charge in [-0.05, 0) is 12.3 Å². The molecule has 26 heavy (non-hydrogen) atoms. The van der Waals surface area contributed by atoms with Crippen molar-refractivity contribution in [2.24, 2.45) is 5.92 Å². The van der Waals surface area contributed by atoms with Crippen LogP contribution in [-0.4, -0.2) is 23.0 Å². The molecule has 0 aromatic carbocycles. The summed E-state index contributed by atoms with van der Waals surface area (Å²) in [6, 6.07) is 0. The molecular formula is C21H36O5. The van der Waals surface area contributed by atoms with Crippen LogP contribution in [0.1, 0.15) is 97.3 Å². The van der Waals surface area contributed by atoms with Gasteiger partial charge in [-0.15, -0.1) is 0 Å². The lowest BCUT2D eigenvalue weighted by Gasteiger charge is -2.24. The fourth-order valence-corrected chi connectivity index (χ4v) is 3.12. The standard InChI is InChI=1S/C21H36O5/c1-17(2)14-12-10-8-6-4-5-7-9-11-13-15-21(24)25-19(22)16-18(3)20(23)26-21/h17,24H,3-16H2,1-2H3. The third kappa shape index (κ3) is 9.95. The van der Waals surface area contributed by atoms with Gasteiger partial charge in [0, 0.05) is 5.57 Å². The van der Waals surface area contributed by atoms with E-state index in [4.69, 9.17) is 9.47 Å². The Morgan fingerprint density at radius 3 is 1.96 bits per heavy atom. The summed E-state index contributed by atoms with van der Waals surface area (Å²) in [7, 11) is 0. The predicted molar refractivity (Wildman–Crippen MR) is 101 cm³/mol. The van der Waals surface area contributed by atoms with Crippen LogP contribution in [0.4, 0.5) is 0 Å². The molecule has 0 saturated carbocycles. The van der Waals surface area contributed by atoms with E-state index in [0.717, 1.165) is 18.8 Å². The van der Waals surface area contributed by atoms with Crippen LogP contribution in [0.25, 0.3) is 0 Å². The summed E-state index contributed by atoms with van der Waals surface area (Å²) in [6.45, 7) is 8.01. The highest BCUT2D eigenvalue weighted by Gasteiger charge is 2.39. The van der Waals surface area contributed by atoms with Crippen molar-refractivity contribution < 1.29 is 24.2 Å². The summed E-state index contributed by atoms with van der Waals surface area (Å²) in [4.78, 5) is 23.1. The molecular weight excluding hydrogens is 332 g/mol. The second-order valence-corrected chi connectivity index (χ2v) is 7.82. The smallest absolute Gasteiger partial charge is 0.373 e. The Hall–Kier alpha value is -1.36. The van der Waals surface area contributed by atoms with Crippen molar-refractivity contribution in [2.45, 2.75) is 103 Å². The van der Waals surface area contributed by atoms with Gasteiger partial charge in [0.2, 0.25) is 0 Å². The number of carbonyl (C=O) groups is 2. The summed E-state index contributed by atoms with van der Waals surface area (Å²) >= 11 is 0. The first-order chi connectivity index (χ1) is 12.3. The summed E-state index contributed by atoms with van der Waals surface area (Å²) in [5, 5.41) is 10.2. The van der Waals surface area contributed by atoms with E-state index >= 15 is 0 Å². The minimum atomic E-state index is -2.14. The van der Waals surface area contributed by atoms with Gasteiger partial charge in [-0.2, -0.15) is 0 Å². The normalized spacial score (nSPS) is 20.8. The highest BCUT2D eigenvalue weighted by Crippen LogP contribution is 2.25. The van der Waals surface area contributed by atoms with E-state index in [9.17, 15) is 14.7 Å². The molecule has 0 spiro atoms. The molecule has 1 aliphatic rings. The van der Waals surface area contributed by atoms with Crippen LogP contribution in [0.3, 0.4) is 0 Å². The lowest BCUT2D eigenvalue weighted by Crippen LogP contribution is -2.37. The van der Waals surface area contributed by atoms with E-state index < -0.39 is 17.9 Å². The topological polar surface area (TPSA) is 72.8 Å². The average Bonchev–Trinajstić information content (AvgIpc) is 2.64. The van der Waals surface area contributed by atoms with Gasteiger partial charge in [-0.1, -0.05) is 84.6 Å². The number of ether oxygens (including phenoxy) is 2. The fourth-order valence-electron chi connectivity index (χ4n) is 3.12. The van der Waals surface area contributed by atoms with Crippen LogP contribution in [0.2, 0.25) is 0 Å². The minimum absolute atomic E-state index is 0.00938. The van der Waals surface area contributed by atoms with Gasteiger partial charge in [0.1, 0.15) is 0 Å². The SMILES string of the molecule is C=C1CC(=O)OC(O)(CCCCCCCCCCCCC(C)C)OC1=O. The Balaban J connectivity index is 2.02. The molecule has 150 valence electrons. The van der Waals surface area contributed by atoms with Crippen molar-refractivity contribution >= 4 is 11.9 Å². The lowest BCUT2D eigenvalue weighted by molar-refractivity contribution is -0.323. The Morgan fingerprint density at radius 1 is 0.923 bits per heavy atom. The zero-order valence-electron chi connectivity index (χ0n) is 16.6. The number of aliphatic hydroxyl groups is 1. The summed E-state index contributed by atoms with van der Waals surface area (Å²) in [6.07, 6.45) is 12.8. The number of cyclic esters (lactones) is 2. The molecule has 5 nitrogen and oxygen atoms in total. The summed E-state index contributed by atoms with van der Waals surface area (Å²) < 4.78 is 9.72. The molecule has 0 aromatic rings. The van der Waals surface area contributed by atoms with Crippen LogP contribution in [-0.2, 0) is 19.1 Å². The molecule has 0 aromatic heterocycles. The molecule has 1 rings (SSSR count). The first-order valence-corrected chi connectivity index (χ1v) is 10.2. The zero-order chi connectivity index (χ0) is 19.4. The second-order valence-electron chi connectivity index (χ2n) is 7.82. The highest BCUT2D eigenvalue weighted by atomic mass is 16.8. The monoisotopic (exact) mass is 368 g/mol. The fraction of sp³-hybridized carbons (Fsp3) is 0.810. The molecule has 1 unspecified atom stereocenters. The maximum absolute atomic E-state index is 11.6. The van der Waals surface area contributed by atoms with E-state index in [1.165, 1.54) is 51.4 Å². The van der Waals surface area contributed by atoms with Crippen molar-refractivity contribution in [3.8, 4) is 0 Å². The molecule has 1 atom stereocenters. The Bertz CT molecular complexity index is 457. The molecule has 1 heterocycles. The summed E-state index contributed by atoms with van der Waals surface area (Å²) in [5.74, 6) is -2.77. The van der Waals surface area contributed by atoms with E-state index in [-0.39, 0.29) is 18.4 Å². The van der Waals surface area contributed by atoms with Crippen LogP contribution in [0.15, 0.2) is 12.2 Å². The maximum Gasteiger partial charge on any atom is 0.373 e. The number of hydrogen-bond donors (Lipinski definition) is 1. The van der Waals surface area contributed by atoms with Gasteiger partial charge < -0.3 is 14.6 Å². The molecule has 0 aliphatic carbocycles. The molecule has 1 aliphatic heterocycles.